The number of anilines is 1. The molecular formula is C16H25N3OS. The Bertz CT molecular complexity index is 491. The van der Waals surface area contributed by atoms with E-state index in [-0.39, 0.29) is 17.4 Å². The Kier molecular flexibility index (Phi) is 5.30. The van der Waals surface area contributed by atoms with E-state index in [1.54, 1.807) is 11.8 Å². The first-order valence-corrected chi connectivity index (χ1v) is 8.59. The molecule has 1 fully saturated rings. The third-order valence-electron chi connectivity index (χ3n) is 4.36. The second-order valence-electron chi connectivity index (χ2n) is 6.13. The molecule has 116 valence electrons. The van der Waals surface area contributed by atoms with Crippen molar-refractivity contribution in [2.45, 2.75) is 31.2 Å². The molecule has 2 atom stereocenters. The van der Waals surface area contributed by atoms with Gasteiger partial charge in [-0.15, -0.1) is 11.8 Å². The van der Waals surface area contributed by atoms with Gasteiger partial charge in [-0.25, -0.2) is 0 Å². The molecule has 21 heavy (non-hydrogen) atoms. The van der Waals surface area contributed by atoms with E-state index in [1.165, 1.54) is 4.90 Å². The Morgan fingerprint density at radius 1 is 1.48 bits per heavy atom. The summed E-state index contributed by atoms with van der Waals surface area (Å²) in [6, 6.07) is 7.81. The minimum absolute atomic E-state index is 0.0492. The first kappa shape index (κ1) is 16.3. The molecule has 1 heterocycles. The van der Waals surface area contributed by atoms with E-state index in [9.17, 15) is 4.79 Å². The summed E-state index contributed by atoms with van der Waals surface area (Å²) in [5.41, 5.74) is 6.83. The van der Waals surface area contributed by atoms with E-state index in [2.05, 4.69) is 17.1 Å². The fraction of sp³-hybridized carbons (Fsp3) is 0.562. The quantitative estimate of drug-likeness (QED) is 0.820. The summed E-state index contributed by atoms with van der Waals surface area (Å²) in [5, 5.41) is 2.99. The normalized spacial score (nSPS) is 24.0. The lowest BCUT2D eigenvalue weighted by Gasteiger charge is -2.26. The smallest absolute Gasteiger partial charge is 0.241 e. The third-order valence-corrected chi connectivity index (χ3v) is 5.11. The second kappa shape index (κ2) is 6.81. The molecule has 0 bridgehead atoms. The van der Waals surface area contributed by atoms with Crippen LogP contribution in [0.5, 0.6) is 0 Å². The van der Waals surface area contributed by atoms with Crippen LogP contribution >= 0.6 is 11.8 Å². The molecule has 1 amide bonds. The minimum atomic E-state index is -0.126. The van der Waals surface area contributed by atoms with Crippen LogP contribution in [0, 0.1) is 5.41 Å². The average Bonchev–Trinajstić information content (AvgIpc) is 2.90. The van der Waals surface area contributed by atoms with Crippen LogP contribution in [-0.2, 0) is 4.79 Å². The fourth-order valence-electron chi connectivity index (χ4n) is 2.65. The van der Waals surface area contributed by atoms with Gasteiger partial charge in [0.2, 0.25) is 5.91 Å². The highest BCUT2D eigenvalue weighted by atomic mass is 32.2. The lowest BCUT2D eigenvalue weighted by molar-refractivity contribution is -0.120. The number of carbonyl (C=O) groups is 1. The number of amides is 1. The first-order valence-electron chi connectivity index (χ1n) is 7.36. The maximum Gasteiger partial charge on any atom is 0.241 e. The van der Waals surface area contributed by atoms with Crippen molar-refractivity contribution in [1.82, 2.24) is 4.90 Å². The first-order chi connectivity index (χ1) is 9.97. The van der Waals surface area contributed by atoms with Gasteiger partial charge >= 0.3 is 0 Å². The van der Waals surface area contributed by atoms with Crippen molar-refractivity contribution in [2.75, 3.05) is 31.2 Å². The zero-order chi connectivity index (χ0) is 15.5. The monoisotopic (exact) mass is 307 g/mol. The Morgan fingerprint density at radius 3 is 2.67 bits per heavy atom. The standard InChI is InChI=1S/C16H25N3OS/c1-12(19-9-8-16(2,10-17)11-19)15(20)18-13-4-6-14(21-3)7-5-13/h4-7,12H,8-11,17H2,1-3H3,(H,18,20). The highest BCUT2D eigenvalue weighted by molar-refractivity contribution is 7.98. The molecule has 2 rings (SSSR count). The fourth-order valence-corrected chi connectivity index (χ4v) is 3.05. The van der Waals surface area contributed by atoms with Crippen LogP contribution in [0.25, 0.3) is 0 Å². The Morgan fingerprint density at radius 2 is 2.14 bits per heavy atom. The van der Waals surface area contributed by atoms with Crippen molar-refractivity contribution in [3.63, 3.8) is 0 Å². The van der Waals surface area contributed by atoms with Crippen LogP contribution in [0.3, 0.4) is 0 Å². The summed E-state index contributed by atoms with van der Waals surface area (Å²) in [5.74, 6) is 0.0492. The summed E-state index contributed by atoms with van der Waals surface area (Å²) >= 11 is 1.69. The molecule has 5 heteroatoms. The van der Waals surface area contributed by atoms with Crippen molar-refractivity contribution in [3.8, 4) is 0 Å². The van der Waals surface area contributed by atoms with Crippen molar-refractivity contribution >= 4 is 23.4 Å². The molecule has 0 radical (unpaired) electrons. The predicted octanol–water partition coefficient (Wildman–Crippen LogP) is 2.41. The van der Waals surface area contributed by atoms with E-state index in [0.29, 0.717) is 6.54 Å². The van der Waals surface area contributed by atoms with Gasteiger partial charge < -0.3 is 11.1 Å². The molecule has 0 saturated carbocycles. The van der Waals surface area contributed by atoms with Crippen LogP contribution in [0.2, 0.25) is 0 Å². The zero-order valence-corrected chi connectivity index (χ0v) is 13.9. The van der Waals surface area contributed by atoms with Crippen LogP contribution in [0.1, 0.15) is 20.3 Å². The summed E-state index contributed by atoms with van der Waals surface area (Å²) < 4.78 is 0. The molecular weight excluding hydrogens is 282 g/mol. The zero-order valence-electron chi connectivity index (χ0n) is 13.1. The number of nitrogens with one attached hydrogen (secondary N) is 1. The van der Waals surface area contributed by atoms with Crippen molar-refractivity contribution in [2.24, 2.45) is 11.1 Å². The summed E-state index contributed by atoms with van der Waals surface area (Å²) in [6.45, 7) is 6.66. The van der Waals surface area contributed by atoms with Crippen molar-refractivity contribution < 1.29 is 4.79 Å². The number of nitrogens with two attached hydrogens (primary N) is 1. The van der Waals surface area contributed by atoms with Crippen LogP contribution in [0.15, 0.2) is 29.2 Å². The van der Waals surface area contributed by atoms with Gasteiger partial charge in [0, 0.05) is 17.1 Å². The molecule has 1 aromatic carbocycles. The number of benzene rings is 1. The number of thioether (sulfide) groups is 1. The summed E-state index contributed by atoms with van der Waals surface area (Å²) in [6.07, 6.45) is 3.10. The number of nitrogens with zero attached hydrogens (tertiary/aromatic N) is 1. The topological polar surface area (TPSA) is 58.4 Å². The van der Waals surface area contributed by atoms with E-state index in [4.69, 9.17) is 5.73 Å². The predicted molar refractivity (Wildman–Crippen MR) is 89.7 cm³/mol. The van der Waals surface area contributed by atoms with Gasteiger partial charge in [0.1, 0.15) is 0 Å². The molecule has 0 aliphatic carbocycles. The SMILES string of the molecule is CSc1ccc(NC(=O)C(C)N2CCC(C)(CN)C2)cc1. The highest BCUT2D eigenvalue weighted by Crippen LogP contribution is 2.30. The van der Waals surface area contributed by atoms with Crippen LogP contribution in [-0.4, -0.2) is 42.7 Å². The van der Waals surface area contributed by atoms with Gasteiger partial charge in [-0.3, -0.25) is 9.69 Å². The van der Waals surface area contributed by atoms with Crippen LogP contribution < -0.4 is 11.1 Å². The second-order valence-corrected chi connectivity index (χ2v) is 7.01. The Balaban J connectivity index is 1.93. The Hall–Kier alpha value is -1.04. The number of carbonyl (C=O) groups excluding carboxylic acids is 1. The number of hydrogen-bond donors (Lipinski definition) is 2. The maximum atomic E-state index is 12.4. The van der Waals surface area contributed by atoms with Gasteiger partial charge in [-0.1, -0.05) is 6.92 Å². The molecule has 4 nitrogen and oxygen atoms in total. The highest BCUT2D eigenvalue weighted by Gasteiger charge is 2.36. The van der Waals surface area contributed by atoms with Gasteiger partial charge in [-0.2, -0.15) is 0 Å². The molecule has 0 aromatic heterocycles. The molecule has 0 spiro atoms. The van der Waals surface area contributed by atoms with Gasteiger partial charge in [0.25, 0.3) is 0 Å². The van der Waals surface area contributed by atoms with Gasteiger partial charge in [-0.05, 0) is 62.4 Å². The van der Waals surface area contributed by atoms with E-state index >= 15 is 0 Å². The molecule has 2 unspecified atom stereocenters. The summed E-state index contributed by atoms with van der Waals surface area (Å²) in [7, 11) is 0. The van der Waals surface area contributed by atoms with E-state index in [1.807, 2.05) is 37.4 Å². The van der Waals surface area contributed by atoms with Gasteiger partial charge in [0.15, 0.2) is 0 Å². The lowest BCUT2D eigenvalue weighted by Crippen LogP contribution is -2.42. The van der Waals surface area contributed by atoms with Gasteiger partial charge in [0.05, 0.1) is 6.04 Å². The average molecular weight is 307 g/mol. The molecule has 1 saturated heterocycles. The van der Waals surface area contributed by atoms with Crippen molar-refractivity contribution in [1.29, 1.82) is 0 Å². The minimum Gasteiger partial charge on any atom is -0.330 e. The third kappa shape index (κ3) is 3.99. The molecule has 1 aromatic rings. The molecule has 1 aliphatic heterocycles. The van der Waals surface area contributed by atoms with Crippen molar-refractivity contribution in [3.05, 3.63) is 24.3 Å². The number of hydrogen-bond acceptors (Lipinski definition) is 4. The number of rotatable bonds is 5. The molecule has 3 N–H and O–H groups in total. The molecule has 1 aliphatic rings. The van der Waals surface area contributed by atoms with E-state index in [0.717, 1.165) is 25.2 Å². The largest absolute Gasteiger partial charge is 0.330 e. The van der Waals surface area contributed by atoms with Crippen LogP contribution in [0.4, 0.5) is 5.69 Å². The number of likely N-dealkylation sites (tertiary alicyclic amines) is 1. The Labute approximate surface area is 131 Å². The maximum absolute atomic E-state index is 12.4. The van der Waals surface area contributed by atoms with E-state index < -0.39 is 0 Å². The summed E-state index contributed by atoms with van der Waals surface area (Å²) in [4.78, 5) is 15.8. The lowest BCUT2D eigenvalue weighted by atomic mass is 9.90.